The Morgan fingerprint density at radius 1 is 0.758 bits per heavy atom. The Labute approximate surface area is 373 Å². The van der Waals surface area contributed by atoms with Crippen molar-refractivity contribution in [1.82, 2.24) is 15.5 Å². The highest BCUT2D eigenvalue weighted by molar-refractivity contribution is 5.82. The second-order valence-electron chi connectivity index (χ2n) is 20.3. The standard InChI is InChI=1S/C47H87N11O4/c1-31(2)12-8-13-32(3)36-18-19-37-35-17-16-33-30-34(20-22-46(33,4)38(35)21-23-47(36,37)5)62-45(61)58(29-11-27-55-42(60)40(49)15-10-26-57-44(52)53)28-7-6-24-54-41(59)39(48)14-9-25-56-43(50)51/h16,31-32,34-40H,6-15,17-30,48-49H2,1-5H3,(H,54,59)(H,55,60)(H4,50,51,56)(H4,52,53,57). The fourth-order valence-electron chi connectivity index (χ4n) is 11.9. The molecule has 0 saturated heterocycles. The van der Waals surface area contributed by atoms with E-state index in [2.05, 4.69) is 61.3 Å². The Morgan fingerprint density at radius 2 is 1.37 bits per heavy atom. The SMILES string of the molecule is CC(C)CCCC(C)C1CCC2C3CC=C4CC(OC(=O)N(CCCCNC(=O)C(N)CCCN=C(N)N)CCCNC(=O)C(N)CCCN=C(N)N)CCC4(C)C3CCC12C. The summed E-state index contributed by atoms with van der Waals surface area (Å²) in [5.74, 6) is 4.25. The van der Waals surface area contributed by atoms with E-state index in [9.17, 15) is 14.4 Å². The number of hydrogen-bond acceptors (Lipinski definition) is 8. The number of aliphatic imine (C=N–C) groups is 2. The number of guanidine groups is 2. The summed E-state index contributed by atoms with van der Waals surface area (Å²) in [6.07, 6.45) is 19.4. The second-order valence-corrected chi connectivity index (χ2v) is 20.3. The lowest BCUT2D eigenvalue weighted by Crippen LogP contribution is -2.51. The highest BCUT2D eigenvalue weighted by Gasteiger charge is 2.59. The average Bonchev–Trinajstić information content (AvgIpc) is 3.58. The van der Waals surface area contributed by atoms with Crippen LogP contribution in [-0.4, -0.2) is 92.2 Å². The molecule has 4 aliphatic carbocycles. The summed E-state index contributed by atoms with van der Waals surface area (Å²) in [4.78, 5) is 48.8. The third kappa shape index (κ3) is 14.5. The first-order valence-corrected chi connectivity index (χ1v) is 24.3. The fourth-order valence-corrected chi connectivity index (χ4v) is 11.9. The molecular formula is C47H87N11O4. The summed E-state index contributed by atoms with van der Waals surface area (Å²) in [6, 6.07) is -1.32. The minimum Gasteiger partial charge on any atom is -0.446 e. The molecule has 0 aromatic rings. The Kier molecular flexibility index (Phi) is 20.1. The van der Waals surface area contributed by atoms with Crippen LogP contribution in [0.4, 0.5) is 4.79 Å². The van der Waals surface area contributed by atoms with Crippen molar-refractivity contribution in [2.75, 3.05) is 39.3 Å². The van der Waals surface area contributed by atoms with Crippen molar-refractivity contribution in [3.63, 3.8) is 0 Å². The molecule has 15 nitrogen and oxygen atoms in total. The third-order valence-electron chi connectivity index (χ3n) is 15.5. The van der Waals surface area contributed by atoms with Gasteiger partial charge in [0.25, 0.3) is 0 Å². The van der Waals surface area contributed by atoms with Gasteiger partial charge in [0, 0.05) is 45.7 Å². The van der Waals surface area contributed by atoms with Crippen LogP contribution >= 0.6 is 0 Å². The maximum atomic E-state index is 13.9. The molecule has 354 valence electrons. The normalized spacial score (nSPS) is 27.9. The molecule has 10 unspecified atom stereocenters. The van der Waals surface area contributed by atoms with Crippen molar-refractivity contribution in [1.29, 1.82) is 0 Å². The third-order valence-corrected chi connectivity index (χ3v) is 15.5. The first kappa shape index (κ1) is 51.0. The minimum atomic E-state index is -0.672. The summed E-state index contributed by atoms with van der Waals surface area (Å²) >= 11 is 0. The quantitative estimate of drug-likeness (QED) is 0.0263. The lowest BCUT2D eigenvalue weighted by Gasteiger charge is -2.58. The summed E-state index contributed by atoms with van der Waals surface area (Å²) in [7, 11) is 0. The molecule has 10 atom stereocenters. The topological polar surface area (TPSA) is 269 Å². The van der Waals surface area contributed by atoms with Gasteiger partial charge in [-0.1, -0.05) is 65.5 Å². The average molecular weight is 870 g/mol. The largest absolute Gasteiger partial charge is 0.446 e. The molecule has 0 spiro atoms. The van der Waals surface area contributed by atoms with Gasteiger partial charge < -0.3 is 54.7 Å². The number of nitrogens with one attached hydrogen (secondary N) is 2. The predicted octanol–water partition coefficient (Wildman–Crippen LogP) is 5.00. The van der Waals surface area contributed by atoms with Crippen LogP contribution in [0.2, 0.25) is 0 Å². The second kappa shape index (κ2) is 24.5. The number of nitrogens with two attached hydrogens (primary N) is 6. The maximum absolute atomic E-state index is 13.9. The number of carbonyl (C=O) groups is 3. The monoisotopic (exact) mass is 870 g/mol. The van der Waals surface area contributed by atoms with Crippen molar-refractivity contribution < 1.29 is 19.1 Å². The number of rotatable bonds is 25. The molecule has 0 heterocycles. The molecule has 62 heavy (non-hydrogen) atoms. The molecule has 0 aromatic carbocycles. The van der Waals surface area contributed by atoms with Crippen molar-refractivity contribution in [2.45, 2.75) is 168 Å². The van der Waals surface area contributed by atoms with Gasteiger partial charge in [0.2, 0.25) is 11.8 Å². The molecule has 4 aliphatic rings. The van der Waals surface area contributed by atoms with E-state index in [0.29, 0.717) is 95.5 Å². The van der Waals surface area contributed by atoms with E-state index in [1.807, 2.05) is 0 Å². The molecule has 3 fully saturated rings. The van der Waals surface area contributed by atoms with Gasteiger partial charge in [-0.05, 0) is 136 Å². The first-order valence-electron chi connectivity index (χ1n) is 24.3. The van der Waals surface area contributed by atoms with Crippen molar-refractivity contribution in [2.24, 2.45) is 90.7 Å². The van der Waals surface area contributed by atoms with Gasteiger partial charge in [0.15, 0.2) is 11.9 Å². The zero-order valence-corrected chi connectivity index (χ0v) is 39.2. The molecule has 3 amide bonds. The molecule has 0 aromatic heterocycles. The number of carbonyl (C=O) groups excluding carboxylic acids is 3. The number of nitrogens with zero attached hydrogens (tertiary/aromatic N) is 3. The molecule has 0 radical (unpaired) electrons. The Balaban J connectivity index is 1.31. The minimum absolute atomic E-state index is 0.0140. The smallest absolute Gasteiger partial charge is 0.410 e. The van der Waals surface area contributed by atoms with Gasteiger partial charge in [0.05, 0.1) is 12.1 Å². The number of unbranched alkanes of at least 4 members (excludes halogenated alkanes) is 1. The number of fused-ring (bicyclic) bond motifs is 5. The van der Waals surface area contributed by atoms with Crippen LogP contribution in [0, 0.1) is 46.3 Å². The molecule has 0 bridgehead atoms. The first-order chi connectivity index (χ1) is 29.5. The van der Waals surface area contributed by atoms with E-state index in [4.69, 9.17) is 39.1 Å². The lowest BCUT2D eigenvalue weighted by atomic mass is 9.47. The summed E-state index contributed by atoms with van der Waals surface area (Å²) in [6.45, 7) is 14.9. The van der Waals surface area contributed by atoms with Crippen LogP contribution in [-0.2, 0) is 14.3 Å². The molecule has 15 heteroatoms. The van der Waals surface area contributed by atoms with Gasteiger partial charge in [-0.2, -0.15) is 0 Å². The van der Waals surface area contributed by atoms with E-state index >= 15 is 0 Å². The van der Waals surface area contributed by atoms with E-state index in [1.54, 1.807) is 4.90 Å². The zero-order chi connectivity index (χ0) is 45.5. The Bertz CT molecular complexity index is 1530. The van der Waals surface area contributed by atoms with E-state index < -0.39 is 12.1 Å². The van der Waals surface area contributed by atoms with Gasteiger partial charge in [-0.25, -0.2) is 4.79 Å². The van der Waals surface area contributed by atoms with Crippen LogP contribution in [0.3, 0.4) is 0 Å². The van der Waals surface area contributed by atoms with Crippen molar-refractivity contribution in [3.8, 4) is 0 Å². The fraction of sp³-hybridized carbons (Fsp3) is 0.851. The van der Waals surface area contributed by atoms with E-state index in [0.717, 1.165) is 55.3 Å². The van der Waals surface area contributed by atoms with Crippen LogP contribution in [0.15, 0.2) is 21.6 Å². The molecule has 4 rings (SSSR count). The summed E-state index contributed by atoms with van der Waals surface area (Å²) in [5, 5.41) is 5.82. The number of amides is 3. The van der Waals surface area contributed by atoms with Crippen LogP contribution < -0.4 is 45.0 Å². The molecular weight excluding hydrogens is 783 g/mol. The molecule has 14 N–H and O–H groups in total. The van der Waals surface area contributed by atoms with E-state index in [-0.39, 0.29) is 41.3 Å². The van der Waals surface area contributed by atoms with Crippen LogP contribution in [0.25, 0.3) is 0 Å². The number of ether oxygens (including phenoxy) is 1. The van der Waals surface area contributed by atoms with Crippen molar-refractivity contribution >= 4 is 29.8 Å². The van der Waals surface area contributed by atoms with Gasteiger partial charge in [-0.3, -0.25) is 19.6 Å². The van der Waals surface area contributed by atoms with Gasteiger partial charge in [0.1, 0.15) is 6.10 Å². The summed E-state index contributed by atoms with van der Waals surface area (Å²) < 4.78 is 6.33. The Morgan fingerprint density at radius 3 is 1.98 bits per heavy atom. The lowest BCUT2D eigenvalue weighted by molar-refractivity contribution is -0.123. The highest BCUT2D eigenvalue weighted by Crippen LogP contribution is 2.67. The van der Waals surface area contributed by atoms with Crippen molar-refractivity contribution in [3.05, 3.63) is 11.6 Å². The molecule has 0 aliphatic heterocycles. The summed E-state index contributed by atoms with van der Waals surface area (Å²) in [5.41, 5.74) is 35.8. The number of hydrogen-bond donors (Lipinski definition) is 8. The zero-order valence-electron chi connectivity index (χ0n) is 39.2. The number of allylic oxidation sites excluding steroid dienone is 1. The van der Waals surface area contributed by atoms with Crippen LogP contribution in [0.5, 0.6) is 0 Å². The molecule has 3 saturated carbocycles. The van der Waals surface area contributed by atoms with Gasteiger partial charge in [-0.15, -0.1) is 0 Å². The van der Waals surface area contributed by atoms with Gasteiger partial charge >= 0.3 is 6.09 Å². The van der Waals surface area contributed by atoms with E-state index in [1.165, 1.54) is 50.5 Å². The highest BCUT2D eigenvalue weighted by atomic mass is 16.6. The van der Waals surface area contributed by atoms with Crippen LogP contribution in [0.1, 0.15) is 150 Å². The maximum Gasteiger partial charge on any atom is 0.410 e. The Hall–Kier alpha value is -3.59. The predicted molar refractivity (Wildman–Crippen MR) is 251 cm³/mol.